The number of hydrogen-bond acceptors (Lipinski definition) is 3. The van der Waals surface area contributed by atoms with Gasteiger partial charge in [0, 0.05) is 13.1 Å². The number of piperidine rings is 1. The number of likely N-dealkylation sites (tertiary alicyclic amines) is 1. The van der Waals surface area contributed by atoms with Crippen LogP contribution in [0.1, 0.15) is 39.5 Å². The summed E-state index contributed by atoms with van der Waals surface area (Å²) in [7, 11) is 0. The summed E-state index contributed by atoms with van der Waals surface area (Å²) in [5.74, 6) is 0.785. The van der Waals surface area contributed by atoms with Crippen LogP contribution in [0.5, 0.6) is 5.75 Å². The third kappa shape index (κ3) is 5.58. The Balaban J connectivity index is 1.96. The number of amides is 2. The van der Waals surface area contributed by atoms with Crippen molar-refractivity contribution >= 4 is 12.0 Å². The first-order valence-electron chi connectivity index (χ1n) is 8.38. The number of nitrogens with one attached hydrogen (secondary N) is 1. The zero-order valence-electron chi connectivity index (χ0n) is 14.0. The number of ether oxygens (including phenoxy) is 1. The molecule has 1 aliphatic heterocycles. The zero-order chi connectivity index (χ0) is 16.7. The van der Waals surface area contributed by atoms with Gasteiger partial charge in [-0.05, 0) is 43.7 Å². The van der Waals surface area contributed by atoms with Gasteiger partial charge in [-0.25, -0.2) is 4.79 Å². The van der Waals surface area contributed by atoms with Crippen molar-refractivity contribution in [3.63, 3.8) is 0 Å². The Bertz CT molecular complexity index is 510. The molecule has 2 amide bonds. The van der Waals surface area contributed by atoms with Gasteiger partial charge < -0.3 is 15.0 Å². The summed E-state index contributed by atoms with van der Waals surface area (Å²) < 4.78 is 5.24. The Hall–Kier alpha value is -2.04. The number of nitrogens with zero attached hydrogens (tertiary/aromatic N) is 1. The SMILES string of the molecule is CC(C)C[C@H](NC(=O)Oc1ccccc1)C(=O)N1CCCCC1. The molecule has 1 fully saturated rings. The standard InChI is InChI=1S/C18H26N2O3/c1-14(2)13-16(17(21)20-11-7-4-8-12-20)19-18(22)23-15-9-5-3-6-10-15/h3,5-6,9-10,14,16H,4,7-8,11-13H2,1-2H3,(H,19,22)/t16-/m0/s1. The summed E-state index contributed by atoms with van der Waals surface area (Å²) in [5.41, 5.74) is 0. The van der Waals surface area contributed by atoms with E-state index < -0.39 is 12.1 Å². The van der Waals surface area contributed by atoms with Crippen LogP contribution in [0.3, 0.4) is 0 Å². The summed E-state index contributed by atoms with van der Waals surface area (Å²) in [4.78, 5) is 26.6. The van der Waals surface area contributed by atoms with E-state index in [0.717, 1.165) is 25.9 Å². The van der Waals surface area contributed by atoms with Crippen molar-refractivity contribution < 1.29 is 14.3 Å². The number of hydrogen-bond donors (Lipinski definition) is 1. The number of para-hydroxylation sites is 1. The fourth-order valence-electron chi connectivity index (χ4n) is 2.79. The Labute approximate surface area is 138 Å². The average Bonchev–Trinajstić information content (AvgIpc) is 2.55. The maximum atomic E-state index is 12.7. The van der Waals surface area contributed by atoms with Crippen molar-refractivity contribution in [2.75, 3.05) is 13.1 Å². The van der Waals surface area contributed by atoms with E-state index in [1.807, 2.05) is 24.8 Å². The summed E-state index contributed by atoms with van der Waals surface area (Å²) in [5, 5.41) is 2.74. The van der Waals surface area contributed by atoms with E-state index in [9.17, 15) is 9.59 Å². The molecule has 2 rings (SSSR count). The van der Waals surface area contributed by atoms with Crippen molar-refractivity contribution in [2.45, 2.75) is 45.6 Å². The van der Waals surface area contributed by atoms with Crippen molar-refractivity contribution in [1.29, 1.82) is 0 Å². The van der Waals surface area contributed by atoms with Crippen molar-refractivity contribution in [2.24, 2.45) is 5.92 Å². The van der Waals surface area contributed by atoms with Crippen LogP contribution in [0.4, 0.5) is 4.79 Å². The molecule has 0 aliphatic carbocycles. The lowest BCUT2D eigenvalue weighted by molar-refractivity contribution is -0.134. The minimum absolute atomic E-state index is 0.00316. The molecule has 0 aromatic heterocycles. The van der Waals surface area contributed by atoms with Crippen LogP contribution >= 0.6 is 0 Å². The molecular weight excluding hydrogens is 292 g/mol. The van der Waals surface area contributed by atoms with Gasteiger partial charge in [0.05, 0.1) is 0 Å². The van der Waals surface area contributed by atoms with Gasteiger partial charge in [-0.15, -0.1) is 0 Å². The lowest BCUT2D eigenvalue weighted by Crippen LogP contribution is -2.51. The molecule has 0 bridgehead atoms. The number of rotatable bonds is 5. The first kappa shape index (κ1) is 17.3. The van der Waals surface area contributed by atoms with Gasteiger partial charge in [0.1, 0.15) is 11.8 Å². The maximum absolute atomic E-state index is 12.7. The highest BCUT2D eigenvalue weighted by atomic mass is 16.6. The highest BCUT2D eigenvalue weighted by Gasteiger charge is 2.28. The highest BCUT2D eigenvalue weighted by Crippen LogP contribution is 2.14. The largest absolute Gasteiger partial charge is 0.413 e. The molecule has 1 atom stereocenters. The molecule has 126 valence electrons. The van der Waals surface area contributed by atoms with Crippen molar-refractivity contribution in [1.82, 2.24) is 10.2 Å². The average molecular weight is 318 g/mol. The topological polar surface area (TPSA) is 58.6 Å². The van der Waals surface area contributed by atoms with Gasteiger partial charge in [-0.1, -0.05) is 32.0 Å². The third-order valence-corrected chi connectivity index (χ3v) is 3.92. The van der Waals surface area contributed by atoms with Crippen LogP contribution < -0.4 is 10.1 Å². The van der Waals surface area contributed by atoms with E-state index in [1.165, 1.54) is 6.42 Å². The fourth-order valence-corrected chi connectivity index (χ4v) is 2.79. The number of carbonyl (C=O) groups excluding carboxylic acids is 2. The van der Waals surface area contributed by atoms with Crippen LogP contribution in [0.2, 0.25) is 0 Å². The third-order valence-electron chi connectivity index (χ3n) is 3.92. The smallest absolute Gasteiger partial charge is 0.410 e. The second-order valence-electron chi connectivity index (χ2n) is 6.41. The first-order valence-corrected chi connectivity index (χ1v) is 8.38. The fraction of sp³-hybridized carbons (Fsp3) is 0.556. The number of carbonyl (C=O) groups is 2. The molecule has 0 unspecified atom stereocenters. The molecular formula is C18H26N2O3. The summed E-state index contributed by atoms with van der Waals surface area (Å²) >= 11 is 0. The Morgan fingerprint density at radius 3 is 2.39 bits per heavy atom. The molecule has 1 aromatic rings. The summed E-state index contributed by atoms with van der Waals surface area (Å²) in [6.45, 7) is 5.65. The van der Waals surface area contributed by atoms with Gasteiger partial charge in [-0.2, -0.15) is 0 Å². The van der Waals surface area contributed by atoms with Gasteiger partial charge >= 0.3 is 6.09 Å². The van der Waals surface area contributed by atoms with Gasteiger partial charge in [0.15, 0.2) is 0 Å². The molecule has 5 heteroatoms. The Morgan fingerprint density at radius 2 is 1.78 bits per heavy atom. The van der Waals surface area contributed by atoms with E-state index in [-0.39, 0.29) is 5.91 Å². The molecule has 1 heterocycles. The van der Waals surface area contributed by atoms with E-state index in [0.29, 0.717) is 18.1 Å². The van der Waals surface area contributed by atoms with Crippen LogP contribution in [-0.4, -0.2) is 36.0 Å². The monoisotopic (exact) mass is 318 g/mol. The molecule has 1 aliphatic rings. The second kappa shape index (κ2) is 8.56. The van der Waals surface area contributed by atoms with Crippen LogP contribution in [-0.2, 0) is 4.79 Å². The summed E-state index contributed by atoms with van der Waals surface area (Å²) in [6, 6.07) is 8.35. The molecule has 1 saturated heterocycles. The second-order valence-corrected chi connectivity index (χ2v) is 6.41. The Morgan fingerprint density at radius 1 is 1.13 bits per heavy atom. The van der Waals surface area contributed by atoms with E-state index in [4.69, 9.17) is 4.74 Å². The normalized spacial score (nSPS) is 16.0. The van der Waals surface area contributed by atoms with Crippen molar-refractivity contribution in [3.05, 3.63) is 30.3 Å². The van der Waals surface area contributed by atoms with Crippen LogP contribution in [0.25, 0.3) is 0 Å². The Kier molecular flexibility index (Phi) is 6.44. The maximum Gasteiger partial charge on any atom is 0.413 e. The van der Waals surface area contributed by atoms with Gasteiger partial charge in [0.25, 0.3) is 0 Å². The zero-order valence-corrected chi connectivity index (χ0v) is 14.0. The molecule has 0 radical (unpaired) electrons. The van der Waals surface area contributed by atoms with Gasteiger partial charge in [-0.3, -0.25) is 4.79 Å². The highest BCUT2D eigenvalue weighted by molar-refractivity contribution is 5.86. The molecule has 23 heavy (non-hydrogen) atoms. The molecule has 1 N–H and O–H groups in total. The molecule has 0 saturated carbocycles. The van der Waals surface area contributed by atoms with Crippen LogP contribution in [0, 0.1) is 5.92 Å². The van der Waals surface area contributed by atoms with Crippen LogP contribution in [0.15, 0.2) is 30.3 Å². The molecule has 5 nitrogen and oxygen atoms in total. The number of benzene rings is 1. The van der Waals surface area contributed by atoms with E-state index >= 15 is 0 Å². The predicted octanol–water partition coefficient (Wildman–Crippen LogP) is 3.20. The lowest BCUT2D eigenvalue weighted by Gasteiger charge is -2.31. The van der Waals surface area contributed by atoms with Crippen molar-refractivity contribution in [3.8, 4) is 5.75 Å². The minimum atomic E-state index is -0.577. The van der Waals surface area contributed by atoms with E-state index in [2.05, 4.69) is 5.32 Å². The molecule has 1 aromatic carbocycles. The molecule has 0 spiro atoms. The quantitative estimate of drug-likeness (QED) is 0.907. The lowest BCUT2D eigenvalue weighted by atomic mass is 10.0. The first-order chi connectivity index (χ1) is 11.1. The summed E-state index contributed by atoms with van der Waals surface area (Å²) in [6.07, 6.45) is 3.28. The van der Waals surface area contributed by atoms with Gasteiger partial charge in [0.2, 0.25) is 5.91 Å². The van der Waals surface area contributed by atoms with E-state index in [1.54, 1.807) is 24.3 Å². The minimum Gasteiger partial charge on any atom is -0.410 e. The predicted molar refractivity (Wildman–Crippen MR) is 89.3 cm³/mol.